The highest BCUT2D eigenvalue weighted by Gasteiger charge is 2.23. The van der Waals surface area contributed by atoms with Crippen molar-refractivity contribution in [3.8, 4) is 33.9 Å². The fourth-order valence-corrected chi connectivity index (χ4v) is 3.25. The van der Waals surface area contributed by atoms with Crippen molar-refractivity contribution in [1.82, 2.24) is 0 Å². The molecule has 0 bridgehead atoms. The molecule has 130 valence electrons. The quantitative estimate of drug-likeness (QED) is 0.511. The molecule has 0 amide bonds. The highest BCUT2D eigenvalue weighted by atomic mass is 16.5. The average molecular weight is 345 g/mol. The molecule has 0 aliphatic rings. The van der Waals surface area contributed by atoms with E-state index in [1.165, 1.54) is 0 Å². The van der Waals surface area contributed by atoms with Gasteiger partial charge in [0.15, 0.2) is 11.5 Å². The van der Waals surface area contributed by atoms with Crippen LogP contribution in [0.3, 0.4) is 0 Å². The number of benzene rings is 3. The highest BCUT2D eigenvalue weighted by molar-refractivity contribution is 5.99. The van der Waals surface area contributed by atoms with E-state index in [-0.39, 0.29) is 5.75 Å². The summed E-state index contributed by atoms with van der Waals surface area (Å²) in [6, 6.07) is 21.5. The zero-order chi connectivity index (χ0) is 18.1. The third-order valence-corrected chi connectivity index (χ3v) is 4.50. The maximum Gasteiger partial charge on any atom is 0.205 e. The van der Waals surface area contributed by atoms with E-state index in [1.54, 1.807) is 14.2 Å². The van der Waals surface area contributed by atoms with Crippen molar-refractivity contribution in [2.45, 2.75) is 0 Å². The number of nitrogens with one attached hydrogen (secondary N) is 1. The standard InChI is InChI=1S/C22H19NO3/c1-23-22-19(15-9-5-10-16(13-15)25-2)20(24)21(26-22)18-12-6-8-14-7-3-4-11-17(14)18/h3-13,23-24H,1-2H3. The summed E-state index contributed by atoms with van der Waals surface area (Å²) >= 11 is 0. The van der Waals surface area contributed by atoms with Gasteiger partial charge in [-0.15, -0.1) is 0 Å². The van der Waals surface area contributed by atoms with E-state index in [9.17, 15) is 5.11 Å². The minimum Gasteiger partial charge on any atom is -0.504 e. The topological polar surface area (TPSA) is 54.6 Å². The first kappa shape index (κ1) is 16.1. The zero-order valence-electron chi connectivity index (χ0n) is 14.6. The lowest BCUT2D eigenvalue weighted by Gasteiger charge is -2.05. The molecule has 0 atom stereocenters. The van der Waals surface area contributed by atoms with E-state index in [1.807, 2.05) is 66.7 Å². The molecule has 3 aromatic carbocycles. The van der Waals surface area contributed by atoms with Crippen LogP contribution in [0.2, 0.25) is 0 Å². The third kappa shape index (κ3) is 2.56. The second-order valence-electron chi connectivity index (χ2n) is 5.99. The summed E-state index contributed by atoms with van der Waals surface area (Å²) < 4.78 is 11.3. The van der Waals surface area contributed by atoms with Crippen molar-refractivity contribution in [2.75, 3.05) is 19.5 Å². The predicted molar refractivity (Wildman–Crippen MR) is 105 cm³/mol. The maximum absolute atomic E-state index is 11.0. The molecule has 4 heteroatoms. The summed E-state index contributed by atoms with van der Waals surface area (Å²) in [6.07, 6.45) is 0. The summed E-state index contributed by atoms with van der Waals surface area (Å²) in [4.78, 5) is 0. The van der Waals surface area contributed by atoms with Crippen LogP contribution in [0.25, 0.3) is 33.2 Å². The van der Waals surface area contributed by atoms with Gasteiger partial charge >= 0.3 is 0 Å². The fraction of sp³-hybridized carbons (Fsp3) is 0.0909. The van der Waals surface area contributed by atoms with Gasteiger partial charge in [-0.05, 0) is 28.5 Å². The van der Waals surface area contributed by atoms with Crippen LogP contribution in [0.4, 0.5) is 5.88 Å². The molecule has 4 nitrogen and oxygen atoms in total. The molecule has 0 radical (unpaired) electrons. The first-order valence-electron chi connectivity index (χ1n) is 8.39. The summed E-state index contributed by atoms with van der Waals surface area (Å²) in [5.41, 5.74) is 2.29. The zero-order valence-corrected chi connectivity index (χ0v) is 14.6. The molecule has 0 spiro atoms. The van der Waals surface area contributed by atoms with E-state index in [0.717, 1.165) is 27.6 Å². The number of fused-ring (bicyclic) bond motifs is 1. The van der Waals surface area contributed by atoms with Crippen LogP contribution in [0.1, 0.15) is 0 Å². The molecule has 4 rings (SSSR count). The Balaban J connectivity index is 1.95. The molecule has 1 aromatic heterocycles. The number of furan rings is 1. The van der Waals surface area contributed by atoms with Crippen molar-refractivity contribution in [3.05, 3.63) is 66.7 Å². The van der Waals surface area contributed by atoms with E-state index in [2.05, 4.69) is 5.32 Å². The summed E-state index contributed by atoms with van der Waals surface area (Å²) in [6.45, 7) is 0. The Bertz CT molecular complexity index is 1080. The van der Waals surface area contributed by atoms with Crippen LogP contribution in [-0.2, 0) is 0 Å². The van der Waals surface area contributed by atoms with Crippen LogP contribution < -0.4 is 10.1 Å². The molecule has 2 N–H and O–H groups in total. The van der Waals surface area contributed by atoms with Gasteiger partial charge in [0.25, 0.3) is 0 Å². The van der Waals surface area contributed by atoms with Crippen molar-refractivity contribution < 1.29 is 14.3 Å². The molecule has 0 unspecified atom stereocenters. The van der Waals surface area contributed by atoms with Crippen LogP contribution in [-0.4, -0.2) is 19.3 Å². The number of anilines is 1. The summed E-state index contributed by atoms with van der Waals surface area (Å²) in [5, 5.41) is 16.2. The lowest BCUT2D eigenvalue weighted by Crippen LogP contribution is -1.89. The van der Waals surface area contributed by atoms with Gasteiger partial charge in [-0.1, -0.05) is 54.6 Å². The first-order chi connectivity index (χ1) is 12.7. The van der Waals surface area contributed by atoms with Gasteiger partial charge in [-0.25, -0.2) is 0 Å². The van der Waals surface area contributed by atoms with Crippen molar-refractivity contribution in [1.29, 1.82) is 0 Å². The lowest BCUT2D eigenvalue weighted by atomic mass is 10.0. The normalized spacial score (nSPS) is 10.8. The number of aromatic hydroxyl groups is 1. The lowest BCUT2D eigenvalue weighted by molar-refractivity contribution is 0.415. The molecule has 0 saturated carbocycles. The largest absolute Gasteiger partial charge is 0.504 e. The monoisotopic (exact) mass is 345 g/mol. The number of ether oxygens (including phenoxy) is 1. The molecule has 4 aromatic rings. The second kappa shape index (κ2) is 6.48. The second-order valence-corrected chi connectivity index (χ2v) is 5.99. The molecule has 0 fully saturated rings. The molecule has 0 aliphatic heterocycles. The predicted octanol–water partition coefficient (Wildman–Crippen LogP) is 5.52. The van der Waals surface area contributed by atoms with E-state index >= 15 is 0 Å². The molecule has 0 aliphatic carbocycles. The molecular weight excluding hydrogens is 326 g/mol. The first-order valence-corrected chi connectivity index (χ1v) is 8.39. The van der Waals surface area contributed by atoms with Crippen molar-refractivity contribution in [3.63, 3.8) is 0 Å². The Kier molecular flexibility index (Phi) is 4.01. The SMILES string of the molecule is CNc1oc(-c2cccc3ccccc23)c(O)c1-c1cccc(OC)c1. The van der Waals surface area contributed by atoms with Crippen molar-refractivity contribution >= 4 is 16.7 Å². The smallest absolute Gasteiger partial charge is 0.205 e. The third-order valence-electron chi connectivity index (χ3n) is 4.50. The molecule has 26 heavy (non-hydrogen) atoms. The Hall–Kier alpha value is -3.40. The summed E-state index contributed by atoms with van der Waals surface area (Å²) in [7, 11) is 3.39. The Labute approximate surface area is 151 Å². The molecular formula is C22H19NO3. The fourth-order valence-electron chi connectivity index (χ4n) is 3.25. The van der Waals surface area contributed by atoms with Gasteiger partial charge in [0.2, 0.25) is 5.88 Å². The van der Waals surface area contributed by atoms with Crippen LogP contribution >= 0.6 is 0 Å². The van der Waals surface area contributed by atoms with Gasteiger partial charge in [0.05, 0.1) is 12.7 Å². The van der Waals surface area contributed by atoms with Gasteiger partial charge in [-0.2, -0.15) is 0 Å². The molecule has 1 heterocycles. The van der Waals surface area contributed by atoms with Gasteiger partial charge in [-0.3, -0.25) is 0 Å². The number of methoxy groups -OCH3 is 1. The number of rotatable bonds is 4. The minimum atomic E-state index is 0.110. The summed E-state index contributed by atoms with van der Waals surface area (Å²) in [5.74, 6) is 1.79. The van der Waals surface area contributed by atoms with E-state index in [0.29, 0.717) is 17.2 Å². The van der Waals surface area contributed by atoms with Gasteiger partial charge in [0, 0.05) is 12.6 Å². The molecule has 0 saturated heterocycles. The van der Waals surface area contributed by atoms with Gasteiger partial charge in [0.1, 0.15) is 5.75 Å². The Morgan fingerprint density at radius 2 is 1.73 bits per heavy atom. The van der Waals surface area contributed by atoms with Crippen LogP contribution in [0.5, 0.6) is 11.5 Å². The Morgan fingerprint density at radius 1 is 0.962 bits per heavy atom. The minimum absolute atomic E-state index is 0.110. The van der Waals surface area contributed by atoms with E-state index < -0.39 is 0 Å². The average Bonchev–Trinajstić information content (AvgIpc) is 3.03. The maximum atomic E-state index is 11.0. The Morgan fingerprint density at radius 3 is 2.54 bits per heavy atom. The van der Waals surface area contributed by atoms with Gasteiger partial charge < -0.3 is 19.6 Å². The number of hydrogen-bond donors (Lipinski definition) is 2. The van der Waals surface area contributed by atoms with Crippen LogP contribution in [0.15, 0.2) is 71.1 Å². The highest BCUT2D eigenvalue weighted by Crippen LogP contribution is 2.47. The van der Waals surface area contributed by atoms with Crippen LogP contribution in [0, 0.1) is 0 Å². The number of hydrogen-bond acceptors (Lipinski definition) is 4. The van der Waals surface area contributed by atoms with E-state index in [4.69, 9.17) is 9.15 Å². The van der Waals surface area contributed by atoms with Crippen molar-refractivity contribution in [2.24, 2.45) is 0 Å².